The quantitative estimate of drug-likeness (QED) is 0.707. The van der Waals surface area contributed by atoms with Gasteiger partial charge in [-0.05, 0) is 12.8 Å². The zero-order chi connectivity index (χ0) is 9.84. The summed E-state index contributed by atoms with van der Waals surface area (Å²) in [6, 6.07) is 0. The molecule has 0 bridgehead atoms. The summed E-state index contributed by atoms with van der Waals surface area (Å²) in [5, 5.41) is 0. The smallest absolute Gasteiger partial charge is 0.327 e. The first kappa shape index (κ1) is 9.98. The molecule has 0 amide bonds. The Bertz CT molecular complexity index is 353. The molecule has 0 unspecified atom stereocenters. The molecule has 1 aromatic rings. The first-order chi connectivity index (χ1) is 6.11. The van der Waals surface area contributed by atoms with Crippen LogP contribution in [0.4, 0.5) is 0 Å². The molecule has 0 aliphatic carbocycles. The lowest BCUT2D eigenvalue weighted by molar-refractivity contribution is 0.622. The van der Waals surface area contributed by atoms with Gasteiger partial charge >= 0.3 is 5.69 Å². The van der Waals surface area contributed by atoms with Crippen molar-refractivity contribution in [3.8, 4) is 0 Å². The topological polar surface area (TPSA) is 52.9 Å². The van der Waals surface area contributed by atoms with Gasteiger partial charge in [0.1, 0.15) is 0 Å². The average Bonchev–Trinajstić information content (AvgIpc) is 2.35. The van der Waals surface area contributed by atoms with Gasteiger partial charge in [0.25, 0.3) is 0 Å². The summed E-state index contributed by atoms with van der Waals surface area (Å²) in [5.41, 5.74) is 5.34. The van der Waals surface area contributed by atoms with E-state index in [4.69, 9.17) is 18.0 Å². The molecule has 0 aromatic carbocycles. The maximum atomic E-state index is 11.3. The molecule has 0 aliphatic rings. The van der Waals surface area contributed by atoms with Crippen molar-refractivity contribution < 1.29 is 0 Å². The Balaban J connectivity index is 2.51. The Morgan fingerprint density at radius 3 is 2.77 bits per heavy atom. The molecule has 0 saturated heterocycles. The van der Waals surface area contributed by atoms with Gasteiger partial charge < -0.3 is 10.3 Å². The number of hydrogen-bond acceptors (Lipinski definition) is 2. The molecule has 1 rings (SSSR count). The third-order valence-electron chi connectivity index (χ3n) is 1.84. The van der Waals surface area contributed by atoms with Crippen LogP contribution in [0.15, 0.2) is 17.2 Å². The van der Waals surface area contributed by atoms with E-state index >= 15 is 0 Å². The lowest BCUT2D eigenvalue weighted by Crippen LogP contribution is -2.22. The number of aryl methyl sites for hydroxylation is 2. The summed E-state index contributed by atoms with van der Waals surface area (Å²) in [6.45, 7) is 0.678. The summed E-state index contributed by atoms with van der Waals surface area (Å²) in [4.78, 5) is 11.8. The SMILES string of the molecule is Cn1ccn(CCCC(N)=S)c1=O. The second-order valence-corrected chi connectivity index (χ2v) is 3.48. The molecule has 0 atom stereocenters. The molecule has 0 fully saturated rings. The van der Waals surface area contributed by atoms with Crippen LogP contribution in [0.2, 0.25) is 0 Å². The van der Waals surface area contributed by atoms with E-state index in [1.807, 2.05) is 0 Å². The normalized spacial score (nSPS) is 10.2. The van der Waals surface area contributed by atoms with Crippen molar-refractivity contribution in [3.63, 3.8) is 0 Å². The third-order valence-corrected chi connectivity index (χ3v) is 2.04. The highest BCUT2D eigenvalue weighted by Crippen LogP contribution is 1.93. The average molecular weight is 199 g/mol. The standard InChI is InChI=1S/C8H13N3OS/c1-10-5-6-11(8(10)12)4-2-3-7(9)13/h5-6H,2-4H2,1H3,(H2,9,13). The molecule has 0 aliphatic heterocycles. The Labute approximate surface area is 82.0 Å². The van der Waals surface area contributed by atoms with E-state index < -0.39 is 0 Å². The van der Waals surface area contributed by atoms with Crippen LogP contribution in [0.1, 0.15) is 12.8 Å². The summed E-state index contributed by atoms with van der Waals surface area (Å²) < 4.78 is 3.19. The molecule has 72 valence electrons. The molecule has 0 radical (unpaired) electrons. The van der Waals surface area contributed by atoms with Crippen LogP contribution in [0, 0.1) is 0 Å². The Morgan fingerprint density at radius 2 is 2.31 bits per heavy atom. The lowest BCUT2D eigenvalue weighted by atomic mass is 10.3. The fourth-order valence-corrected chi connectivity index (χ4v) is 1.25. The van der Waals surface area contributed by atoms with E-state index in [-0.39, 0.29) is 5.69 Å². The maximum absolute atomic E-state index is 11.3. The molecule has 0 saturated carbocycles. The summed E-state index contributed by atoms with van der Waals surface area (Å²) in [5.74, 6) is 0. The summed E-state index contributed by atoms with van der Waals surface area (Å²) in [7, 11) is 1.73. The second kappa shape index (κ2) is 4.23. The predicted octanol–water partition coefficient (Wildman–Crippen LogP) is 0.253. The van der Waals surface area contributed by atoms with Crippen molar-refractivity contribution in [1.29, 1.82) is 0 Å². The molecular formula is C8H13N3OS. The van der Waals surface area contributed by atoms with Crippen molar-refractivity contribution in [1.82, 2.24) is 9.13 Å². The number of rotatable bonds is 4. The molecule has 1 heterocycles. The molecular weight excluding hydrogens is 186 g/mol. The summed E-state index contributed by atoms with van der Waals surface area (Å²) in [6.07, 6.45) is 5.01. The Morgan fingerprint density at radius 1 is 1.62 bits per heavy atom. The second-order valence-electron chi connectivity index (χ2n) is 2.95. The van der Waals surface area contributed by atoms with Crippen molar-refractivity contribution >= 4 is 17.2 Å². The van der Waals surface area contributed by atoms with E-state index in [2.05, 4.69) is 0 Å². The molecule has 4 nitrogen and oxygen atoms in total. The minimum atomic E-state index is 0.00272. The fourth-order valence-electron chi connectivity index (χ4n) is 1.10. The zero-order valence-electron chi connectivity index (χ0n) is 7.56. The minimum Gasteiger partial charge on any atom is -0.393 e. The van der Waals surface area contributed by atoms with Crippen LogP contribution < -0.4 is 11.4 Å². The first-order valence-electron chi connectivity index (χ1n) is 4.11. The lowest BCUT2D eigenvalue weighted by Gasteiger charge is -1.99. The van der Waals surface area contributed by atoms with Gasteiger partial charge in [0.05, 0.1) is 4.99 Å². The highest BCUT2D eigenvalue weighted by Gasteiger charge is 1.98. The van der Waals surface area contributed by atoms with Crippen molar-refractivity contribution in [2.24, 2.45) is 12.8 Å². The van der Waals surface area contributed by atoms with E-state index in [0.717, 1.165) is 6.42 Å². The van der Waals surface area contributed by atoms with Gasteiger partial charge in [-0.1, -0.05) is 12.2 Å². The third kappa shape index (κ3) is 2.69. The van der Waals surface area contributed by atoms with Gasteiger partial charge in [0.2, 0.25) is 0 Å². The largest absolute Gasteiger partial charge is 0.393 e. The number of nitrogens with zero attached hydrogens (tertiary/aromatic N) is 2. The molecule has 1 aromatic heterocycles. The van der Waals surface area contributed by atoms with Crippen LogP contribution >= 0.6 is 12.2 Å². The predicted molar refractivity (Wildman–Crippen MR) is 55.7 cm³/mol. The van der Waals surface area contributed by atoms with Crippen LogP contribution in [0.5, 0.6) is 0 Å². The van der Waals surface area contributed by atoms with E-state index in [9.17, 15) is 4.79 Å². The van der Waals surface area contributed by atoms with Crippen molar-refractivity contribution in [2.75, 3.05) is 0 Å². The highest BCUT2D eigenvalue weighted by molar-refractivity contribution is 7.80. The summed E-state index contributed by atoms with van der Waals surface area (Å²) >= 11 is 4.73. The van der Waals surface area contributed by atoms with Gasteiger partial charge in [-0.25, -0.2) is 4.79 Å². The van der Waals surface area contributed by atoms with E-state index in [1.54, 1.807) is 28.6 Å². The molecule has 13 heavy (non-hydrogen) atoms. The van der Waals surface area contributed by atoms with Crippen LogP contribution in [-0.2, 0) is 13.6 Å². The number of nitrogens with two attached hydrogens (primary N) is 1. The number of imidazole rings is 1. The van der Waals surface area contributed by atoms with E-state index in [0.29, 0.717) is 18.0 Å². The number of hydrogen-bond donors (Lipinski definition) is 1. The van der Waals surface area contributed by atoms with E-state index in [1.165, 1.54) is 0 Å². The van der Waals surface area contributed by atoms with Gasteiger partial charge in [0, 0.05) is 26.0 Å². The Hall–Kier alpha value is -1.10. The zero-order valence-corrected chi connectivity index (χ0v) is 8.38. The monoisotopic (exact) mass is 199 g/mol. The molecule has 0 spiro atoms. The first-order valence-corrected chi connectivity index (χ1v) is 4.52. The van der Waals surface area contributed by atoms with Crippen molar-refractivity contribution in [2.45, 2.75) is 19.4 Å². The van der Waals surface area contributed by atoms with Gasteiger partial charge in [-0.15, -0.1) is 0 Å². The maximum Gasteiger partial charge on any atom is 0.327 e. The molecule has 2 N–H and O–H groups in total. The number of thiocarbonyl (C=S) groups is 1. The van der Waals surface area contributed by atoms with Gasteiger partial charge in [-0.2, -0.15) is 0 Å². The van der Waals surface area contributed by atoms with Gasteiger partial charge in [0.15, 0.2) is 0 Å². The fraction of sp³-hybridized carbons (Fsp3) is 0.500. The van der Waals surface area contributed by atoms with Crippen LogP contribution in [-0.4, -0.2) is 14.1 Å². The highest BCUT2D eigenvalue weighted by atomic mass is 32.1. The number of aromatic nitrogens is 2. The van der Waals surface area contributed by atoms with Gasteiger partial charge in [-0.3, -0.25) is 4.57 Å². The van der Waals surface area contributed by atoms with Crippen LogP contribution in [0.3, 0.4) is 0 Å². The van der Waals surface area contributed by atoms with Crippen molar-refractivity contribution in [3.05, 3.63) is 22.9 Å². The molecule has 5 heteroatoms. The minimum absolute atomic E-state index is 0.00272. The van der Waals surface area contributed by atoms with Crippen LogP contribution in [0.25, 0.3) is 0 Å². The Kier molecular flexibility index (Phi) is 3.25.